The van der Waals surface area contributed by atoms with E-state index in [1.54, 1.807) is 19.9 Å². The fourth-order valence-electron chi connectivity index (χ4n) is 5.00. The molecule has 4 rings (SSSR count). The fourth-order valence-corrected chi connectivity index (χ4v) is 5.00. The van der Waals surface area contributed by atoms with Gasteiger partial charge in [-0.3, -0.25) is 9.59 Å². The minimum Gasteiger partial charge on any atom is -0.507 e. The molecule has 1 aliphatic heterocycles. The number of carbonyl (C=O) groups excluding carboxylic acids is 1. The molecular weight excluding hydrogens is 480 g/mol. The van der Waals surface area contributed by atoms with E-state index < -0.39 is 41.2 Å². The molecule has 2 heterocycles. The first-order valence-electron chi connectivity index (χ1n) is 11.9. The number of aliphatic hydroxyl groups excluding tert-OH is 1. The number of esters is 1. The van der Waals surface area contributed by atoms with E-state index in [-0.39, 0.29) is 45.4 Å². The Morgan fingerprint density at radius 3 is 2.49 bits per heavy atom. The molecule has 4 atom stereocenters. The van der Waals surface area contributed by atoms with Gasteiger partial charge >= 0.3 is 5.97 Å². The predicted octanol–water partition coefficient (Wildman–Crippen LogP) is 3.97. The van der Waals surface area contributed by atoms with Crippen molar-refractivity contribution in [1.29, 1.82) is 0 Å². The molecule has 0 saturated carbocycles. The largest absolute Gasteiger partial charge is 0.507 e. The first-order chi connectivity index (χ1) is 17.3. The molecule has 0 fully saturated rings. The van der Waals surface area contributed by atoms with Crippen LogP contribution < -0.4 is 10.2 Å². The van der Waals surface area contributed by atoms with Crippen molar-refractivity contribution >= 4 is 27.9 Å². The standard InChI is InChI=1S/C28H32O9/c1-12(2)16-11-35-24-13(3)10-18-20(21(24)22(16)31)23(32)19-17(30)9-8-15(25(19)37-18)26(34-7)27(28(5,6)33)36-14(4)29/h8-10,16,22,26-27,30-31,33H,1,11H2,2-7H3. The van der Waals surface area contributed by atoms with E-state index >= 15 is 0 Å². The van der Waals surface area contributed by atoms with Gasteiger partial charge in [-0.15, -0.1) is 0 Å². The molecule has 2 aromatic carbocycles. The van der Waals surface area contributed by atoms with Gasteiger partial charge in [0.15, 0.2) is 6.10 Å². The Labute approximate surface area is 213 Å². The second-order valence-electron chi connectivity index (χ2n) is 10.2. The van der Waals surface area contributed by atoms with Gasteiger partial charge in [0, 0.05) is 31.1 Å². The van der Waals surface area contributed by atoms with Gasteiger partial charge in [-0.05, 0) is 51.5 Å². The van der Waals surface area contributed by atoms with Crippen LogP contribution in [-0.4, -0.2) is 46.7 Å². The predicted molar refractivity (Wildman–Crippen MR) is 137 cm³/mol. The fraction of sp³-hybridized carbons (Fsp3) is 0.429. The lowest BCUT2D eigenvalue weighted by molar-refractivity contribution is -0.177. The summed E-state index contributed by atoms with van der Waals surface area (Å²) in [5.41, 5.74) is 0.0155. The topological polar surface area (TPSA) is 136 Å². The maximum Gasteiger partial charge on any atom is 0.303 e. The second-order valence-corrected chi connectivity index (χ2v) is 10.2. The summed E-state index contributed by atoms with van der Waals surface area (Å²) in [6.45, 7) is 11.9. The lowest BCUT2D eigenvalue weighted by atomic mass is 9.85. The number of methoxy groups -OCH3 is 1. The number of aliphatic hydroxyl groups is 2. The average molecular weight is 513 g/mol. The minimum atomic E-state index is -1.53. The SMILES string of the molecule is C=C(C)C1COc2c(C)cc3oc4c(C(OC)C(OC(C)=O)C(C)(C)O)ccc(O)c4c(=O)c3c2C1O. The lowest BCUT2D eigenvalue weighted by Gasteiger charge is -2.34. The first kappa shape index (κ1) is 26.7. The van der Waals surface area contributed by atoms with Crippen molar-refractivity contribution in [2.45, 2.75) is 58.5 Å². The Hall–Kier alpha value is -3.40. The number of phenolic OH excluding ortho intramolecular Hbond substituents is 1. The van der Waals surface area contributed by atoms with Crippen LogP contribution in [0, 0.1) is 12.8 Å². The Morgan fingerprint density at radius 2 is 1.92 bits per heavy atom. The number of hydrogen-bond acceptors (Lipinski definition) is 9. The highest BCUT2D eigenvalue weighted by Gasteiger charge is 2.40. The summed E-state index contributed by atoms with van der Waals surface area (Å²) in [4.78, 5) is 25.8. The second kappa shape index (κ2) is 9.48. The Bertz CT molecular complexity index is 1460. The highest BCUT2D eigenvalue weighted by atomic mass is 16.6. The lowest BCUT2D eigenvalue weighted by Crippen LogP contribution is -2.44. The summed E-state index contributed by atoms with van der Waals surface area (Å²) in [5.74, 6) is -1.01. The number of ether oxygens (including phenoxy) is 3. The zero-order chi connectivity index (χ0) is 27.4. The maximum absolute atomic E-state index is 13.9. The number of rotatable bonds is 6. The van der Waals surface area contributed by atoms with Gasteiger partial charge in [0.25, 0.3) is 0 Å². The van der Waals surface area contributed by atoms with Crippen molar-refractivity contribution in [3.05, 3.63) is 57.3 Å². The monoisotopic (exact) mass is 512 g/mol. The van der Waals surface area contributed by atoms with Crippen LogP contribution in [0.15, 0.2) is 39.6 Å². The molecule has 0 saturated heterocycles. The Balaban J connectivity index is 2.07. The molecule has 0 radical (unpaired) electrons. The van der Waals surface area contributed by atoms with Crippen LogP contribution in [0.1, 0.15) is 56.6 Å². The average Bonchev–Trinajstić information content (AvgIpc) is 2.79. The molecule has 4 unspecified atom stereocenters. The van der Waals surface area contributed by atoms with E-state index in [4.69, 9.17) is 18.6 Å². The van der Waals surface area contributed by atoms with Crippen LogP contribution in [0.25, 0.3) is 21.9 Å². The molecule has 9 nitrogen and oxygen atoms in total. The van der Waals surface area contributed by atoms with Crippen LogP contribution in [0.5, 0.6) is 11.5 Å². The molecule has 0 amide bonds. The van der Waals surface area contributed by atoms with Crippen LogP contribution >= 0.6 is 0 Å². The maximum atomic E-state index is 13.9. The van der Waals surface area contributed by atoms with Gasteiger partial charge in [0.2, 0.25) is 5.43 Å². The van der Waals surface area contributed by atoms with E-state index in [0.29, 0.717) is 16.9 Å². The molecule has 0 bridgehead atoms. The summed E-state index contributed by atoms with van der Waals surface area (Å²) < 4.78 is 23.2. The number of aromatic hydroxyl groups is 1. The molecule has 3 N–H and O–H groups in total. The number of fused-ring (bicyclic) bond motifs is 4. The van der Waals surface area contributed by atoms with Crippen LogP contribution in [-0.2, 0) is 14.3 Å². The number of aryl methyl sites for hydroxylation is 1. The molecule has 198 valence electrons. The van der Waals surface area contributed by atoms with Crippen molar-refractivity contribution in [2.75, 3.05) is 13.7 Å². The first-order valence-corrected chi connectivity index (χ1v) is 11.9. The van der Waals surface area contributed by atoms with Crippen molar-refractivity contribution < 1.29 is 38.7 Å². The van der Waals surface area contributed by atoms with E-state index in [1.807, 2.05) is 0 Å². The third-order valence-corrected chi connectivity index (χ3v) is 6.84. The molecular formula is C28H32O9. The summed E-state index contributed by atoms with van der Waals surface area (Å²) in [6, 6.07) is 4.44. The van der Waals surface area contributed by atoms with Gasteiger partial charge in [0.05, 0.1) is 23.7 Å². The number of benzene rings is 2. The van der Waals surface area contributed by atoms with Gasteiger partial charge in [-0.2, -0.15) is 0 Å². The molecule has 1 aliphatic rings. The van der Waals surface area contributed by atoms with Gasteiger partial charge in [-0.25, -0.2) is 0 Å². The number of carbonyl (C=O) groups is 1. The Kier molecular flexibility index (Phi) is 6.83. The van der Waals surface area contributed by atoms with Crippen LogP contribution in [0.3, 0.4) is 0 Å². The number of hydrogen-bond donors (Lipinski definition) is 3. The van der Waals surface area contributed by atoms with Crippen LogP contribution in [0.2, 0.25) is 0 Å². The van der Waals surface area contributed by atoms with Crippen LogP contribution in [0.4, 0.5) is 0 Å². The summed E-state index contributed by atoms with van der Waals surface area (Å²) in [7, 11) is 1.37. The molecule has 37 heavy (non-hydrogen) atoms. The smallest absolute Gasteiger partial charge is 0.303 e. The Morgan fingerprint density at radius 1 is 1.24 bits per heavy atom. The highest BCUT2D eigenvalue weighted by molar-refractivity contribution is 5.97. The van der Waals surface area contributed by atoms with Crippen molar-refractivity contribution in [1.82, 2.24) is 0 Å². The summed E-state index contributed by atoms with van der Waals surface area (Å²) in [6.07, 6.45) is -3.28. The third-order valence-electron chi connectivity index (χ3n) is 6.84. The summed E-state index contributed by atoms with van der Waals surface area (Å²) in [5, 5.41) is 32.7. The quantitative estimate of drug-likeness (QED) is 0.255. The van der Waals surface area contributed by atoms with Crippen molar-refractivity contribution in [3.63, 3.8) is 0 Å². The molecule has 0 spiro atoms. The van der Waals surface area contributed by atoms with Crippen molar-refractivity contribution in [2.24, 2.45) is 5.92 Å². The van der Waals surface area contributed by atoms with Crippen molar-refractivity contribution in [3.8, 4) is 11.5 Å². The zero-order valence-corrected chi connectivity index (χ0v) is 21.7. The van der Waals surface area contributed by atoms with E-state index in [0.717, 1.165) is 0 Å². The zero-order valence-electron chi connectivity index (χ0n) is 21.7. The third kappa shape index (κ3) is 4.47. The van der Waals surface area contributed by atoms with E-state index in [1.165, 1.54) is 40.0 Å². The highest BCUT2D eigenvalue weighted by Crippen LogP contribution is 2.45. The molecule has 0 aliphatic carbocycles. The molecule has 3 aromatic rings. The number of phenols is 1. The molecule has 1 aromatic heterocycles. The molecule has 9 heteroatoms. The van der Waals surface area contributed by atoms with E-state index in [2.05, 4.69) is 6.58 Å². The minimum absolute atomic E-state index is 0.00720. The van der Waals surface area contributed by atoms with Gasteiger partial charge < -0.3 is 33.9 Å². The van der Waals surface area contributed by atoms with Gasteiger partial charge in [0.1, 0.15) is 34.2 Å². The summed E-state index contributed by atoms with van der Waals surface area (Å²) >= 11 is 0. The normalized spacial score (nSPS) is 19.2. The van der Waals surface area contributed by atoms with Gasteiger partial charge in [-0.1, -0.05) is 12.2 Å². The van der Waals surface area contributed by atoms with E-state index in [9.17, 15) is 24.9 Å².